The number of carbonyl (C=O) groups is 2. The summed E-state index contributed by atoms with van der Waals surface area (Å²) in [6, 6.07) is 0. The van der Waals surface area contributed by atoms with Gasteiger partial charge in [0.05, 0.1) is 0 Å². The molecule has 1 aliphatic rings. The minimum atomic E-state index is -1.14. The van der Waals surface area contributed by atoms with E-state index in [2.05, 4.69) is 0 Å². The molecule has 1 aliphatic carbocycles. The molecule has 5 heteroatoms. The standard InChI is InChI=1S/C8H12O4.Ag/c9-7(10)5-2-1-3-6(4-5)8(11)12;/h5-6H,1-4H2,(H,9,10)(H,11,12);/p-2. The summed E-state index contributed by atoms with van der Waals surface area (Å²) in [5, 5.41) is 20.8. The summed E-state index contributed by atoms with van der Waals surface area (Å²) in [5.41, 5.74) is 0. The molecule has 0 aliphatic heterocycles. The van der Waals surface area contributed by atoms with Crippen molar-refractivity contribution < 1.29 is 42.2 Å². The van der Waals surface area contributed by atoms with Crippen molar-refractivity contribution in [3.8, 4) is 0 Å². The fraction of sp³-hybridized carbons (Fsp3) is 0.750. The van der Waals surface area contributed by atoms with Gasteiger partial charge < -0.3 is 19.8 Å². The summed E-state index contributed by atoms with van der Waals surface area (Å²) in [7, 11) is 0. The Morgan fingerprint density at radius 3 is 1.69 bits per heavy atom. The molecule has 0 bridgehead atoms. The number of aliphatic carboxylic acids is 2. The Labute approximate surface area is 91.8 Å². The number of carboxylic acid groups (broad SMARTS) is 2. The Bertz CT molecular complexity index is 184. The fourth-order valence-electron chi connectivity index (χ4n) is 1.62. The van der Waals surface area contributed by atoms with Gasteiger partial charge in [0.2, 0.25) is 0 Å². The topological polar surface area (TPSA) is 80.3 Å². The summed E-state index contributed by atoms with van der Waals surface area (Å²) >= 11 is 0. The number of carboxylic acids is 2. The van der Waals surface area contributed by atoms with Gasteiger partial charge in [-0.3, -0.25) is 0 Å². The quantitative estimate of drug-likeness (QED) is 0.563. The molecule has 0 amide bonds. The van der Waals surface area contributed by atoms with Gasteiger partial charge >= 0.3 is 0 Å². The van der Waals surface area contributed by atoms with Crippen molar-refractivity contribution in [3.05, 3.63) is 0 Å². The van der Waals surface area contributed by atoms with Crippen LogP contribution in [0, 0.1) is 11.8 Å². The third kappa shape index (κ3) is 3.50. The minimum Gasteiger partial charge on any atom is -0.550 e. The molecule has 1 radical (unpaired) electrons. The van der Waals surface area contributed by atoms with Crippen LogP contribution in [0.5, 0.6) is 0 Å². The first kappa shape index (κ1) is 12.7. The summed E-state index contributed by atoms with van der Waals surface area (Å²) in [6.07, 6.45) is 1.88. The molecule has 79 valence electrons. The van der Waals surface area contributed by atoms with Crippen molar-refractivity contribution in [2.24, 2.45) is 11.8 Å². The largest absolute Gasteiger partial charge is 0.550 e. The van der Waals surface area contributed by atoms with Crippen molar-refractivity contribution in [2.75, 3.05) is 0 Å². The predicted molar refractivity (Wildman–Crippen MR) is 35.5 cm³/mol. The van der Waals surface area contributed by atoms with E-state index in [0.717, 1.165) is 0 Å². The second kappa shape index (κ2) is 5.42. The molecular weight excluding hydrogens is 268 g/mol. The van der Waals surface area contributed by atoms with E-state index in [-0.39, 0.29) is 28.8 Å². The Hall–Kier alpha value is -0.320. The van der Waals surface area contributed by atoms with Crippen LogP contribution in [0.4, 0.5) is 0 Å². The van der Waals surface area contributed by atoms with Crippen LogP contribution in [0.2, 0.25) is 0 Å². The molecule has 0 N–H and O–H groups in total. The summed E-state index contributed by atoms with van der Waals surface area (Å²) < 4.78 is 0. The van der Waals surface area contributed by atoms with Crippen molar-refractivity contribution >= 4 is 11.9 Å². The molecule has 0 heterocycles. The first-order chi connectivity index (χ1) is 5.61. The molecule has 1 saturated carbocycles. The third-order valence-corrected chi connectivity index (χ3v) is 2.34. The van der Waals surface area contributed by atoms with Gasteiger partial charge in [-0.1, -0.05) is 6.42 Å². The van der Waals surface area contributed by atoms with Crippen LogP contribution in [0.1, 0.15) is 25.7 Å². The predicted octanol–water partition coefficient (Wildman–Crippen LogP) is -1.71. The van der Waals surface area contributed by atoms with Gasteiger partial charge in [-0.05, 0) is 31.1 Å². The van der Waals surface area contributed by atoms with Crippen molar-refractivity contribution in [1.29, 1.82) is 0 Å². The molecular formula is C8H10AgO4-2. The van der Waals surface area contributed by atoms with Gasteiger partial charge in [0, 0.05) is 34.3 Å². The molecule has 0 aromatic heterocycles. The summed E-state index contributed by atoms with van der Waals surface area (Å²) in [6.45, 7) is 0. The van der Waals surface area contributed by atoms with Gasteiger partial charge in [-0.15, -0.1) is 0 Å². The van der Waals surface area contributed by atoms with Crippen molar-refractivity contribution in [3.63, 3.8) is 0 Å². The smallest absolute Gasteiger partial charge is 0.0445 e. The molecule has 1 fully saturated rings. The zero-order valence-corrected chi connectivity index (χ0v) is 8.40. The fourth-order valence-corrected chi connectivity index (χ4v) is 1.62. The maximum absolute atomic E-state index is 10.4. The second-order valence-corrected chi connectivity index (χ2v) is 3.20. The van der Waals surface area contributed by atoms with E-state index in [9.17, 15) is 19.8 Å². The zero-order chi connectivity index (χ0) is 9.14. The van der Waals surface area contributed by atoms with Crippen molar-refractivity contribution in [1.82, 2.24) is 0 Å². The van der Waals surface area contributed by atoms with Gasteiger partial charge in [0.15, 0.2) is 0 Å². The molecule has 1 rings (SSSR count). The zero-order valence-electron chi connectivity index (χ0n) is 6.92. The molecule has 0 saturated heterocycles. The summed E-state index contributed by atoms with van der Waals surface area (Å²) in [5.74, 6) is -3.47. The Kier molecular flexibility index (Phi) is 5.29. The van der Waals surface area contributed by atoms with E-state index in [1.54, 1.807) is 0 Å². The van der Waals surface area contributed by atoms with Crippen LogP contribution < -0.4 is 10.2 Å². The van der Waals surface area contributed by atoms with Gasteiger partial charge in [-0.25, -0.2) is 0 Å². The normalized spacial score (nSPS) is 27.4. The number of carbonyl (C=O) groups excluding carboxylic acids is 2. The maximum Gasteiger partial charge on any atom is 0.0445 e. The molecule has 2 unspecified atom stereocenters. The van der Waals surface area contributed by atoms with E-state index in [0.29, 0.717) is 19.3 Å². The van der Waals surface area contributed by atoms with Gasteiger partial charge in [-0.2, -0.15) is 0 Å². The van der Waals surface area contributed by atoms with Crippen LogP contribution in [0.15, 0.2) is 0 Å². The molecule has 2 atom stereocenters. The molecule has 13 heavy (non-hydrogen) atoms. The van der Waals surface area contributed by atoms with Gasteiger partial charge in [0.25, 0.3) is 0 Å². The average molecular weight is 278 g/mol. The second-order valence-electron chi connectivity index (χ2n) is 3.20. The van der Waals surface area contributed by atoms with E-state index in [1.165, 1.54) is 0 Å². The maximum atomic E-state index is 10.4. The molecule has 0 aromatic rings. The third-order valence-electron chi connectivity index (χ3n) is 2.34. The van der Waals surface area contributed by atoms with E-state index < -0.39 is 23.8 Å². The Morgan fingerprint density at radius 1 is 1.00 bits per heavy atom. The first-order valence-corrected chi connectivity index (χ1v) is 4.03. The van der Waals surface area contributed by atoms with Gasteiger partial charge in [0.1, 0.15) is 0 Å². The van der Waals surface area contributed by atoms with Crippen LogP contribution in [0.3, 0.4) is 0 Å². The Balaban J connectivity index is 0.00000144. The van der Waals surface area contributed by atoms with E-state index >= 15 is 0 Å². The SMILES string of the molecule is O=C([O-])C1CCCC(C(=O)[O-])C1.[Ag]. The first-order valence-electron chi connectivity index (χ1n) is 4.03. The van der Waals surface area contributed by atoms with E-state index in [4.69, 9.17) is 0 Å². The summed E-state index contributed by atoms with van der Waals surface area (Å²) in [4.78, 5) is 20.8. The molecule has 0 spiro atoms. The van der Waals surface area contributed by atoms with Crippen LogP contribution in [-0.4, -0.2) is 11.9 Å². The average Bonchev–Trinajstić information content (AvgIpc) is 2.04. The van der Waals surface area contributed by atoms with Crippen LogP contribution >= 0.6 is 0 Å². The van der Waals surface area contributed by atoms with E-state index in [1.807, 2.05) is 0 Å². The number of rotatable bonds is 2. The Morgan fingerprint density at radius 2 is 1.38 bits per heavy atom. The minimum absolute atomic E-state index is 0. The number of hydrogen-bond donors (Lipinski definition) is 0. The monoisotopic (exact) mass is 277 g/mol. The molecule has 4 nitrogen and oxygen atoms in total. The molecule has 0 aromatic carbocycles. The van der Waals surface area contributed by atoms with Crippen molar-refractivity contribution in [2.45, 2.75) is 25.7 Å². The number of hydrogen-bond acceptors (Lipinski definition) is 4. The van der Waals surface area contributed by atoms with Crippen LogP contribution in [-0.2, 0) is 32.0 Å². The van der Waals surface area contributed by atoms with Crippen LogP contribution in [0.25, 0.3) is 0 Å².